The maximum absolute atomic E-state index is 11.7. The molecular formula is C9H13BrN2O. The molecular weight excluding hydrogens is 232 g/mol. The minimum Gasteiger partial charge on any atom is -0.299 e. The quantitative estimate of drug-likeness (QED) is 0.810. The van der Waals surface area contributed by atoms with E-state index in [-0.39, 0.29) is 5.56 Å². The van der Waals surface area contributed by atoms with Crippen LogP contribution in [0, 0.1) is 6.92 Å². The minimum absolute atomic E-state index is 0.0874. The molecule has 1 fully saturated rings. The molecule has 0 radical (unpaired) electrons. The molecule has 1 aromatic rings. The van der Waals surface area contributed by atoms with E-state index < -0.39 is 0 Å². The van der Waals surface area contributed by atoms with Gasteiger partial charge >= 0.3 is 0 Å². The second-order valence-corrected chi connectivity index (χ2v) is 4.46. The van der Waals surface area contributed by atoms with Gasteiger partial charge in [-0.25, -0.2) is 4.68 Å². The summed E-state index contributed by atoms with van der Waals surface area (Å²) in [6.07, 6.45) is 4.75. The van der Waals surface area contributed by atoms with Crippen LogP contribution in [0.5, 0.6) is 0 Å². The summed E-state index contributed by atoms with van der Waals surface area (Å²) in [6, 6.07) is 0.400. The van der Waals surface area contributed by atoms with Crippen molar-refractivity contribution in [1.82, 2.24) is 9.78 Å². The minimum atomic E-state index is 0.0874. The fourth-order valence-electron chi connectivity index (χ4n) is 1.97. The lowest BCUT2D eigenvalue weighted by Crippen LogP contribution is -2.20. The number of hydrogen-bond acceptors (Lipinski definition) is 1. The fourth-order valence-corrected chi connectivity index (χ4v) is 2.25. The average molecular weight is 245 g/mol. The predicted molar refractivity (Wildman–Crippen MR) is 55.0 cm³/mol. The van der Waals surface area contributed by atoms with Crippen molar-refractivity contribution in [1.29, 1.82) is 0 Å². The number of halogens is 1. The van der Waals surface area contributed by atoms with E-state index >= 15 is 0 Å². The molecule has 2 rings (SSSR count). The number of H-pyrrole nitrogens is 1. The van der Waals surface area contributed by atoms with Gasteiger partial charge in [-0.1, -0.05) is 12.8 Å². The molecule has 1 heterocycles. The Morgan fingerprint density at radius 1 is 1.46 bits per heavy atom. The molecule has 0 aromatic carbocycles. The van der Waals surface area contributed by atoms with Gasteiger partial charge in [-0.2, -0.15) is 0 Å². The molecule has 72 valence electrons. The molecule has 3 nitrogen and oxygen atoms in total. The number of nitrogens with one attached hydrogen (secondary N) is 1. The molecule has 13 heavy (non-hydrogen) atoms. The van der Waals surface area contributed by atoms with E-state index in [9.17, 15) is 4.79 Å². The van der Waals surface area contributed by atoms with Crippen LogP contribution in [0.2, 0.25) is 0 Å². The van der Waals surface area contributed by atoms with Crippen molar-refractivity contribution in [2.75, 3.05) is 0 Å². The molecule has 1 aliphatic rings. The van der Waals surface area contributed by atoms with Gasteiger partial charge in [-0.05, 0) is 35.7 Å². The standard InChI is InChI=1S/C9H13BrN2O/c1-6-8(10)9(13)12(11-6)7-4-2-3-5-7/h7,11H,2-5H2,1H3. The van der Waals surface area contributed by atoms with Gasteiger partial charge in [0.05, 0.1) is 6.04 Å². The Kier molecular flexibility index (Phi) is 2.32. The van der Waals surface area contributed by atoms with E-state index in [4.69, 9.17) is 0 Å². The summed E-state index contributed by atoms with van der Waals surface area (Å²) in [5.41, 5.74) is 1.02. The van der Waals surface area contributed by atoms with E-state index in [2.05, 4.69) is 21.0 Å². The van der Waals surface area contributed by atoms with Gasteiger partial charge in [-0.15, -0.1) is 0 Å². The number of hydrogen-bond donors (Lipinski definition) is 1. The normalized spacial score (nSPS) is 18.3. The highest BCUT2D eigenvalue weighted by Crippen LogP contribution is 2.28. The zero-order valence-electron chi connectivity index (χ0n) is 7.64. The molecule has 0 atom stereocenters. The lowest BCUT2D eigenvalue weighted by Gasteiger charge is -2.08. The Hall–Kier alpha value is -0.510. The zero-order chi connectivity index (χ0) is 9.42. The van der Waals surface area contributed by atoms with E-state index in [0.717, 1.165) is 18.5 Å². The summed E-state index contributed by atoms with van der Waals surface area (Å²) < 4.78 is 2.45. The highest BCUT2D eigenvalue weighted by atomic mass is 79.9. The SMILES string of the molecule is Cc1[nH]n(C2CCCC2)c(=O)c1Br. The summed E-state index contributed by atoms with van der Waals surface area (Å²) in [5.74, 6) is 0. The van der Waals surface area contributed by atoms with Crippen molar-refractivity contribution < 1.29 is 0 Å². The summed E-state index contributed by atoms with van der Waals surface area (Å²) in [7, 11) is 0. The van der Waals surface area contributed by atoms with Crippen LogP contribution in [-0.4, -0.2) is 9.78 Å². The molecule has 1 saturated carbocycles. The number of aryl methyl sites for hydroxylation is 1. The highest BCUT2D eigenvalue weighted by molar-refractivity contribution is 9.10. The maximum atomic E-state index is 11.7. The summed E-state index contributed by atoms with van der Waals surface area (Å²) in [4.78, 5) is 11.7. The summed E-state index contributed by atoms with van der Waals surface area (Å²) >= 11 is 3.28. The van der Waals surface area contributed by atoms with Crippen LogP contribution in [0.4, 0.5) is 0 Å². The number of nitrogens with zero attached hydrogens (tertiary/aromatic N) is 1. The van der Waals surface area contributed by atoms with Gasteiger partial charge in [0.15, 0.2) is 0 Å². The van der Waals surface area contributed by atoms with E-state index in [1.807, 2.05) is 6.92 Å². The third kappa shape index (κ3) is 1.47. The van der Waals surface area contributed by atoms with Crippen molar-refractivity contribution in [2.24, 2.45) is 0 Å². The zero-order valence-corrected chi connectivity index (χ0v) is 9.23. The first-order valence-electron chi connectivity index (χ1n) is 4.67. The number of aromatic nitrogens is 2. The molecule has 0 bridgehead atoms. The molecule has 0 spiro atoms. The van der Waals surface area contributed by atoms with Crippen molar-refractivity contribution in [2.45, 2.75) is 38.6 Å². The molecule has 1 aliphatic carbocycles. The Morgan fingerprint density at radius 2 is 2.08 bits per heavy atom. The second kappa shape index (κ2) is 3.33. The first-order chi connectivity index (χ1) is 6.20. The van der Waals surface area contributed by atoms with Gasteiger partial charge < -0.3 is 0 Å². The van der Waals surface area contributed by atoms with Gasteiger partial charge in [-0.3, -0.25) is 9.89 Å². The monoisotopic (exact) mass is 244 g/mol. The maximum Gasteiger partial charge on any atom is 0.281 e. The molecule has 0 unspecified atom stereocenters. The van der Waals surface area contributed by atoms with Crippen LogP contribution < -0.4 is 5.56 Å². The van der Waals surface area contributed by atoms with Gasteiger partial charge in [0, 0.05) is 5.69 Å². The third-order valence-electron chi connectivity index (χ3n) is 2.71. The van der Waals surface area contributed by atoms with Crippen molar-refractivity contribution in [3.05, 3.63) is 20.5 Å². The van der Waals surface area contributed by atoms with Crippen LogP contribution >= 0.6 is 15.9 Å². The van der Waals surface area contributed by atoms with Crippen molar-refractivity contribution >= 4 is 15.9 Å². The lowest BCUT2D eigenvalue weighted by atomic mass is 10.3. The Balaban J connectivity index is 2.40. The first kappa shape index (κ1) is 9.06. The smallest absolute Gasteiger partial charge is 0.281 e. The third-order valence-corrected chi connectivity index (χ3v) is 3.65. The van der Waals surface area contributed by atoms with Crippen molar-refractivity contribution in [3.8, 4) is 0 Å². The topological polar surface area (TPSA) is 37.8 Å². The molecule has 1 N–H and O–H groups in total. The van der Waals surface area contributed by atoms with Crippen LogP contribution in [0.3, 0.4) is 0 Å². The van der Waals surface area contributed by atoms with Crippen molar-refractivity contribution in [3.63, 3.8) is 0 Å². The van der Waals surface area contributed by atoms with Crippen LogP contribution in [0.25, 0.3) is 0 Å². The highest BCUT2D eigenvalue weighted by Gasteiger charge is 2.20. The largest absolute Gasteiger partial charge is 0.299 e. The number of aromatic amines is 1. The average Bonchev–Trinajstić information content (AvgIpc) is 2.70. The molecule has 0 amide bonds. The first-order valence-corrected chi connectivity index (χ1v) is 5.46. The Labute approximate surface area is 85.3 Å². The predicted octanol–water partition coefficient (Wildman–Crippen LogP) is 2.36. The fraction of sp³-hybridized carbons (Fsp3) is 0.667. The second-order valence-electron chi connectivity index (χ2n) is 3.66. The summed E-state index contributed by atoms with van der Waals surface area (Å²) in [5, 5.41) is 3.11. The van der Waals surface area contributed by atoms with Crippen LogP contribution in [0.15, 0.2) is 9.27 Å². The Bertz CT molecular complexity index is 360. The number of rotatable bonds is 1. The molecule has 0 aliphatic heterocycles. The van der Waals surface area contributed by atoms with Gasteiger partial charge in [0.25, 0.3) is 5.56 Å². The van der Waals surface area contributed by atoms with E-state index in [0.29, 0.717) is 10.5 Å². The van der Waals surface area contributed by atoms with E-state index in [1.165, 1.54) is 12.8 Å². The van der Waals surface area contributed by atoms with Gasteiger partial charge in [0.1, 0.15) is 4.47 Å². The van der Waals surface area contributed by atoms with Crippen LogP contribution in [0.1, 0.15) is 37.4 Å². The lowest BCUT2D eigenvalue weighted by molar-refractivity contribution is 0.452. The summed E-state index contributed by atoms with van der Waals surface area (Å²) in [6.45, 7) is 1.91. The van der Waals surface area contributed by atoms with E-state index in [1.54, 1.807) is 4.68 Å². The van der Waals surface area contributed by atoms with Gasteiger partial charge in [0.2, 0.25) is 0 Å². The molecule has 4 heteroatoms. The molecule has 1 aromatic heterocycles. The Morgan fingerprint density at radius 3 is 2.54 bits per heavy atom. The van der Waals surface area contributed by atoms with Crippen LogP contribution in [-0.2, 0) is 0 Å². The molecule has 0 saturated heterocycles.